The smallest absolute Gasteiger partial charge is 0.123 e. The van der Waals surface area contributed by atoms with Gasteiger partial charge in [-0.25, -0.2) is 4.39 Å². The van der Waals surface area contributed by atoms with Crippen LogP contribution in [0.1, 0.15) is 18.1 Å². The van der Waals surface area contributed by atoms with Gasteiger partial charge in [0.1, 0.15) is 11.6 Å². The van der Waals surface area contributed by atoms with E-state index in [1.807, 2.05) is 30.3 Å². The summed E-state index contributed by atoms with van der Waals surface area (Å²) in [5.41, 5.74) is 2.13. The minimum absolute atomic E-state index is 0.181. The fourth-order valence-corrected chi connectivity index (χ4v) is 2.22. The van der Waals surface area contributed by atoms with Crippen molar-refractivity contribution in [3.05, 3.63) is 65.5 Å². The molecule has 2 aromatic carbocycles. The molecule has 2 rings (SSSR count). The largest absolute Gasteiger partial charge is 0.496 e. The monoisotopic (exact) mass is 273 g/mol. The van der Waals surface area contributed by atoms with Gasteiger partial charge in [0, 0.05) is 18.2 Å². The molecule has 2 nitrogen and oxygen atoms in total. The number of methoxy groups -OCH3 is 1. The minimum Gasteiger partial charge on any atom is -0.496 e. The molecule has 1 atom stereocenters. The van der Waals surface area contributed by atoms with Crippen LogP contribution in [0, 0.1) is 5.82 Å². The van der Waals surface area contributed by atoms with Crippen molar-refractivity contribution >= 4 is 0 Å². The van der Waals surface area contributed by atoms with E-state index in [-0.39, 0.29) is 11.9 Å². The Bertz CT molecular complexity index is 556. The summed E-state index contributed by atoms with van der Waals surface area (Å²) >= 11 is 0. The predicted octanol–water partition coefficient (Wildman–Crippen LogP) is 3.56. The summed E-state index contributed by atoms with van der Waals surface area (Å²) in [7, 11) is 1.68. The highest BCUT2D eigenvalue weighted by Gasteiger charge is 2.06. The Balaban J connectivity index is 1.90. The predicted molar refractivity (Wildman–Crippen MR) is 79.4 cm³/mol. The highest BCUT2D eigenvalue weighted by atomic mass is 19.1. The first kappa shape index (κ1) is 14.5. The number of para-hydroxylation sites is 1. The number of halogens is 1. The van der Waals surface area contributed by atoms with Gasteiger partial charge in [-0.3, -0.25) is 0 Å². The number of hydrogen-bond donors (Lipinski definition) is 1. The summed E-state index contributed by atoms with van der Waals surface area (Å²) in [6, 6.07) is 15.0. The summed E-state index contributed by atoms with van der Waals surface area (Å²) in [5, 5.41) is 3.44. The maximum atomic E-state index is 13.1. The number of rotatable bonds is 6. The molecular weight excluding hydrogens is 253 g/mol. The maximum Gasteiger partial charge on any atom is 0.123 e. The van der Waals surface area contributed by atoms with Crippen LogP contribution in [0.25, 0.3) is 0 Å². The molecule has 0 amide bonds. The van der Waals surface area contributed by atoms with Crippen LogP contribution in [-0.4, -0.2) is 13.2 Å². The first-order valence-electron chi connectivity index (χ1n) is 6.79. The van der Waals surface area contributed by atoms with Gasteiger partial charge in [-0.15, -0.1) is 0 Å². The Morgan fingerprint density at radius 2 is 1.95 bits per heavy atom. The summed E-state index contributed by atoms with van der Waals surface area (Å²) in [5.74, 6) is 0.706. The fourth-order valence-electron chi connectivity index (χ4n) is 2.22. The van der Waals surface area contributed by atoms with Gasteiger partial charge in [0.25, 0.3) is 0 Å². The lowest BCUT2D eigenvalue weighted by atomic mass is 10.1. The van der Waals surface area contributed by atoms with Crippen LogP contribution in [0.2, 0.25) is 0 Å². The van der Waals surface area contributed by atoms with Crippen molar-refractivity contribution in [3.8, 4) is 5.75 Å². The van der Waals surface area contributed by atoms with Gasteiger partial charge in [-0.05, 0) is 37.1 Å². The van der Waals surface area contributed by atoms with Crippen LogP contribution in [0.4, 0.5) is 4.39 Å². The third kappa shape index (κ3) is 4.07. The van der Waals surface area contributed by atoms with Crippen molar-refractivity contribution in [2.45, 2.75) is 25.9 Å². The summed E-state index contributed by atoms with van der Waals surface area (Å²) in [6.45, 7) is 2.83. The minimum atomic E-state index is -0.181. The van der Waals surface area contributed by atoms with Gasteiger partial charge < -0.3 is 10.1 Å². The number of ether oxygens (including phenoxy) is 1. The van der Waals surface area contributed by atoms with Gasteiger partial charge in [-0.2, -0.15) is 0 Å². The molecule has 1 N–H and O–H groups in total. The zero-order chi connectivity index (χ0) is 14.4. The molecule has 0 saturated heterocycles. The standard InChI is InChI=1S/C17H20FNO/c1-13(10-14-6-5-8-16(18)11-14)19-12-15-7-3-4-9-17(15)20-2/h3-9,11,13,19H,10,12H2,1-2H3. The number of benzene rings is 2. The lowest BCUT2D eigenvalue weighted by Crippen LogP contribution is -2.27. The highest BCUT2D eigenvalue weighted by molar-refractivity contribution is 5.33. The van der Waals surface area contributed by atoms with Crippen molar-refractivity contribution in [2.75, 3.05) is 7.11 Å². The molecule has 20 heavy (non-hydrogen) atoms. The molecule has 0 aliphatic heterocycles. The second kappa shape index (κ2) is 7.06. The molecule has 0 spiro atoms. The van der Waals surface area contributed by atoms with E-state index in [0.717, 1.165) is 29.8 Å². The van der Waals surface area contributed by atoms with E-state index in [1.165, 1.54) is 6.07 Å². The quantitative estimate of drug-likeness (QED) is 0.869. The Morgan fingerprint density at radius 1 is 1.15 bits per heavy atom. The van der Waals surface area contributed by atoms with Crippen LogP contribution < -0.4 is 10.1 Å². The fraction of sp³-hybridized carbons (Fsp3) is 0.294. The van der Waals surface area contributed by atoms with E-state index in [9.17, 15) is 4.39 Å². The van der Waals surface area contributed by atoms with Crippen molar-refractivity contribution in [1.29, 1.82) is 0 Å². The first-order chi connectivity index (χ1) is 9.69. The molecule has 0 aromatic heterocycles. The second-order valence-corrected chi connectivity index (χ2v) is 4.93. The second-order valence-electron chi connectivity index (χ2n) is 4.93. The van der Waals surface area contributed by atoms with Crippen molar-refractivity contribution < 1.29 is 9.13 Å². The normalized spacial score (nSPS) is 12.2. The zero-order valence-corrected chi connectivity index (χ0v) is 11.9. The van der Waals surface area contributed by atoms with Crippen molar-refractivity contribution in [3.63, 3.8) is 0 Å². The first-order valence-corrected chi connectivity index (χ1v) is 6.79. The van der Waals surface area contributed by atoms with Crippen LogP contribution in [-0.2, 0) is 13.0 Å². The number of nitrogens with one attached hydrogen (secondary N) is 1. The Hall–Kier alpha value is -1.87. The molecule has 2 aromatic rings. The molecule has 106 valence electrons. The van der Waals surface area contributed by atoms with E-state index in [4.69, 9.17) is 4.74 Å². The molecule has 0 aliphatic rings. The van der Waals surface area contributed by atoms with E-state index >= 15 is 0 Å². The Labute approximate surface area is 119 Å². The van der Waals surface area contributed by atoms with Crippen molar-refractivity contribution in [2.24, 2.45) is 0 Å². The molecular formula is C17H20FNO. The van der Waals surface area contributed by atoms with Gasteiger partial charge in [0.2, 0.25) is 0 Å². The van der Waals surface area contributed by atoms with Gasteiger partial charge in [0.15, 0.2) is 0 Å². The topological polar surface area (TPSA) is 21.3 Å². The third-order valence-electron chi connectivity index (χ3n) is 3.26. The highest BCUT2D eigenvalue weighted by Crippen LogP contribution is 2.17. The molecule has 1 unspecified atom stereocenters. The molecule has 0 bridgehead atoms. The van der Waals surface area contributed by atoms with Gasteiger partial charge in [0.05, 0.1) is 7.11 Å². The van der Waals surface area contributed by atoms with Crippen LogP contribution >= 0.6 is 0 Å². The van der Waals surface area contributed by atoms with E-state index in [0.29, 0.717) is 0 Å². The number of hydrogen-bond acceptors (Lipinski definition) is 2. The molecule has 0 fully saturated rings. The summed E-state index contributed by atoms with van der Waals surface area (Å²) in [4.78, 5) is 0. The Kier molecular flexibility index (Phi) is 5.13. The van der Waals surface area contributed by atoms with Crippen LogP contribution in [0.15, 0.2) is 48.5 Å². The van der Waals surface area contributed by atoms with E-state index in [2.05, 4.69) is 12.2 Å². The molecule has 0 radical (unpaired) electrons. The third-order valence-corrected chi connectivity index (χ3v) is 3.26. The summed E-state index contributed by atoms with van der Waals surface area (Å²) in [6.07, 6.45) is 0.799. The maximum absolute atomic E-state index is 13.1. The summed E-state index contributed by atoms with van der Waals surface area (Å²) < 4.78 is 18.5. The Morgan fingerprint density at radius 3 is 2.70 bits per heavy atom. The average Bonchev–Trinajstić information content (AvgIpc) is 2.45. The van der Waals surface area contributed by atoms with Gasteiger partial charge in [-0.1, -0.05) is 30.3 Å². The zero-order valence-electron chi connectivity index (χ0n) is 11.9. The van der Waals surface area contributed by atoms with Crippen LogP contribution in [0.3, 0.4) is 0 Å². The van der Waals surface area contributed by atoms with Gasteiger partial charge >= 0.3 is 0 Å². The molecule has 3 heteroatoms. The van der Waals surface area contributed by atoms with E-state index < -0.39 is 0 Å². The van der Waals surface area contributed by atoms with E-state index in [1.54, 1.807) is 19.2 Å². The lowest BCUT2D eigenvalue weighted by Gasteiger charge is -2.15. The van der Waals surface area contributed by atoms with Crippen molar-refractivity contribution in [1.82, 2.24) is 5.32 Å². The average molecular weight is 273 g/mol. The molecule has 0 saturated carbocycles. The van der Waals surface area contributed by atoms with Crippen LogP contribution in [0.5, 0.6) is 5.75 Å². The molecule has 0 heterocycles. The SMILES string of the molecule is COc1ccccc1CNC(C)Cc1cccc(F)c1. The lowest BCUT2D eigenvalue weighted by molar-refractivity contribution is 0.405. The molecule has 0 aliphatic carbocycles.